The number of carbonyl (C=O) groups excluding carboxylic acids is 2. The Kier molecular flexibility index (Phi) is 6.89. The molecule has 0 fully saturated rings. The molecule has 0 aliphatic carbocycles. The maximum atomic E-state index is 12.7. The van der Waals surface area contributed by atoms with Crippen LogP contribution in [0.3, 0.4) is 0 Å². The predicted molar refractivity (Wildman–Crippen MR) is 117 cm³/mol. The van der Waals surface area contributed by atoms with Gasteiger partial charge >= 0.3 is 5.97 Å². The number of methoxy groups -OCH3 is 1. The average molecular weight is 396 g/mol. The van der Waals surface area contributed by atoms with Gasteiger partial charge in [0.25, 0.3) is 5.91 Å². The number of carbonyl (C=O) groups is 2. The van der Waals surface area contributed by atoms with Crippen LogP contribution in [0.25, 0.3) is 0 Å². The zero-order valence-corrected chi connectivity index (χ0v) is 18.6. The molecule has 0 saturated heterocycles. The van der Waals surface area contributed by atoms with E-state index in [1.54, 1.807) is 12.1 Å². The van der Waals surface area contributed by atoms with Gasteiger partial charge < -0.3 is 10.1 Å². The van der Waals surface area contributed by atoms with Crippen LogP contribution < -0.4 is 5.32 Å². The van der Waals surface area contributed by atoms with Gasteiger partial charge in [-0.25, -0.2) is 4.79 Å². The average Bonchev–Trinajstić information content (AvgIpc) is 2.66. The van der Waals surface area contributed by atoms with Crippen LogP contribution >= 0.6 is 0 Å². The molecular weight excluding hydrogens is 362 g/mol. The molecule has 0 unspecified atom stereocenters. The molecule has 1 atom stereocenters. The van der Waals surface area contributed by atoms with Crippen molar-refractivity contribution in [3.05, 3.63) is 70.8 Å². The lowest BCUT2D eigenvalue weighted by Gasteiger charge is -2.21. The maximum absolute atomic E-state index is 12.7. The lowest BCUT2D eigenvalue weighted by molar-refractivity contribution is -0.142. The van der Waals surface area contributed by atoms with Crippen LogP contribution in [0.2, 0.25) is 0 Å². The van der Waals surface area contributed by atoms with Crippen molar-refractivity contribution in [3.63, 3.8) is 0 Å². The fourth-order valence-electron chi connectivity index (χ4n) is 3.08. The first-order valence-electron chi connectivity index (χ1n) is 10.0. The van der Waals surface area contributed by atoms with Crippen LogP contribution in [0.4, 0.5) is 0 Å². The summed E-state index contributed by atoms with van der Waals surface area (Å²) in [5, 5.41) is 2.82. The molecule has 1 N–H and O–H groups in total. The summed E-state index contributed by atoms with van der Waals surface area (Å²) in [6.07, 6.45) is 0.378. The second-order valence-electron chi connectivity index (χ2n) is 9.53. The van der Waals surface area contributed by atoms with Crippen molar-refractivity contribution in [2.45, 2.75) is 64.8 Å². The van der Waals surface area contributed by atoms with Gasteiger partial charge in [-0.05, 0) is 39.7 Å². The van der Waals surface area contributed by atoms with E-state index in [0.29, 0.717) is 12.0 Å². The van der Waals surface area contributed by atoms with Crippen molar-refractivity contribution >= 4 is 11.9 Å². The Balaban J connectivity index is 2.14. The molecule has 0 aliphatic rings. The van der Waals surface area contributed by atoms with Gasteiger partial charge in [-0.3, -0.25) is 4.79 Å². The molecule has 0 aromatic heterocycles. The van der Waals surface area contributed by atoms with E-state index in [9.17, 15) is 9.59 Å². The lowest BCUT2D eigenvalue weighted by Crippen LogP contribution is -2.43. The van der Waals surface area contributed by atoms with Crippen molar-refractivity contribution in [1.29, 1.82) is 0 Å². The molecule has 156 valence electrons. The summed E-state index contributed by atoms with van der Waals surface area (Å²) in [4.78, 5) is 25.0. The van der Waals surface area contributed by atoms with E-state index >= 15 is 0 Å². The fourth-order valence-corrected chi connectivity index (χ4v) is 3.08. The molecule has 2 aromatic rings. The number of rotatable bonds is 5. The number of amides is 1. The first-order chi connectivity index (χ1) is 13.4. The molecule has 0 spiro atoms. The molecule has 0 bridgehead atoms. The van der Waals surface area contributed by atoms with Crippen LogP contribution in [-0.2, 0) is 26.8 Å². The van der Waals surface area contributed by atoms with Gasteiger partial charge in [0.05, 0.1) is 7.11 Å². The minimum atomic E-state index is -0.740. The smallest absolute Gasteiger partial charge is 0.328 e. The van der Waals surface area contributed by atoms with Crippen LogP contribution in [-0.4, -0.2) is 25.0 Å². The minimum absolute atomic E-state index is 0.0166. The quantitative estimate of drug-likeness (QED) is 0.740. The van der Waals surface area contributed by atoms with Crippen LogP contribution in [0, 0.1) is 0 Å². The minimum Gasteiger partial charge on any atom is -0.467 e. The molecule has 2 aromatic carbocycles. The van der Waals surface area contributed by atoms with E-state index in [4.69, 9.17) is 4.74 Å². The van der Waals surface area contributed by atoms with E-state index in [0.717, 1.165) is 11.1 Å². The summed E-state index contributed by atoms with van der Waals surface area (Å²) in [6.45, 7) is 12.8. The van der Waals surface area contributed by atoms with Gasteiger partial charge in [0.15, 0.2) is 0 Å². The maximum Gasteiger partial charge on any atom is 0.328 e. The Bertz CT molecular complexity index is 838. The van der Waals surface area contributed by atoms with E-state index < -0.39 is 12.0 Å². The Morgan fingerprint density at radius 2 is 1.28 bits per heavy atom. The molecule has 4 nitrogen and oxygen atoms in total. The highest BCUT2D eigenvalue weighted by Gasteiger charge is 2.23. The highest BCUT2D eigenvalue weighted by atomic mass is 16.5. The summed E-state index contributed by atoms with van der Waals surface area (Å²) in [5.41, 5.74) is 3.94. The van der Waals surface area contributed by atoms with E-state index in [1.807, 2.05) is 24.3 Å². The highest BCUT2D eigenvalue weighted by Crippen LogP contribution is 2.23. The second kappa shape index (κ2) is 8.81. The van der Waals surface area contributed by atoms with Crippen molar-refractivity contribution in [3.8, 4) is 0 Å². The molecule has 0 radical (unpaired) electrons. The van der Waals surface area contributed by atoms with Crippen LogP contribution in [0.15, 0.2) is 48.5 Å². The fraction of sp³-hybridized carbons (Fsp3) is 0.440. The molecule has 4 heteroatoms. The van der Waals surface area contributed by atoms with Gasteiger partial charge in [0.2, 0.25) is 0 Å². The van der Waals surface area contributed by atoms with Crippen molar-refractivity contribution < 1.29 is 14.3 Å². The topological polar surface area (TPSA) is 55.4 Å². The van der Waals surface area contributed by atoms with Gasteiger partial charge in [0, 0.05) is 12.0 Å². The highest BCUT2D eigenvalue weighted by molar-refractivity contribution is 5.96. The number of ether oxygens (including phenoxy) is 1. The number of benzene rings is 2. The van der Waals surface area contributed by atoms with E-state index in [1.165, 1.54) is 12.7 Å². The number of hydrogen-bond donors (Lipinski definition) is 1. The second-order valence-corrected chi connectivity index (χ2v) is 9.53. The summed E-state index contributed by atoms with van der Waals surface area (Å²) < 4.78 is 4.91. The Morgan fingerprint density at radius 1 is 0.828 bits per heavy atom. The summed E-state index contributed by atoms with van der Waals surface area (Å²) in [5.74, 6) is -0.739. The van der Waals surface area contributed by atoms with Gasteiger partial charge in [0.1, 0.15) is 6.04 Å². The number of nitrogens with one attached hydrogen (secondary N) is 1. The van der Waals surface area contributed by atoms with Crippen molar-refractivity contribution in [1.82, 2.24) is 5.32 Å². The summed E-state index contributed by atoms with van der Waals surface area (Å²) >= 11 is 0. The Hall–Kier alpha value is -2.62. The third-order valence-electron chi connectivity index (χ3n) is 5.06. The lowest BCUT2D eigenvalue weighted by atomic mass is 9.86. The molecule has 2 rings (SSSR count). The molecule has 29 heavy (non-hydrogen) atoms. The summed E-state index contributed by atoms with van der Waals surface area (Å²) in [6, 6.07) is 14.9. The van der Waals surface area contributed by atoms with Crippen LogP contribution in [0.1, 0.15) is 68.6 Å². The third-order valence-corrected chi connectivity index (χ3v) is 5.06. The monoisotopic (exact) mass is 395 g/mol. The first-order valence-corrected chi connectivity index (χ1v) is 10.0. The SMILES string of the molecule is COC(=O)[C@H](Cc1ccc(C(C)(C)C)cc1)NC(=O)c1ccc(C(C)(C)C)cc1. The van der Waals surface area contributed by atoms with E-state index in [-0.39, 0.29) is 16.7 Å². The van der Waals surface area contributed by atoms with Crippen LogP contribution in [0.5, 0.6) is 0 Å². The molecule has 0 saturated carbocycles. The van der Waals surface area contributed by atoms with Gasteiger partial charge in [-0.2, -0.15) is 0 Å². The molecule has 0 heterocycles. The Labute approximate surface area is 174 Å². The number of hydrogen-bond acceptors (Lipinski definition) is 3. The van der Waals surface area contributed by atoms with Gasteiger partial charge in [-0.1, -0.05) is 77.9 Å². The van der Waals surface area contributed by atoms with Crippen molar-refractivity contribution in [2.24, 2.45) is 0 Å². The standard InChI is InChI=1S/C25H33NO3/c1-24(2,3)19-12-8-17(9-13-19)16-21(23(28)29-7)26-22(27)18-10-14-20(15-11-18)25(4,5)6/h8-15,21H,16H2,1-7H3,(H,26,27)/t21-/m0/s1. The Morgan fingerprint density at radius 3 is 1.69 bits per heavy atom. The van der Waals surface area contributed by atoms with Crippen molar-refractivity contribution in [2.75, 3.05) is 7.11 Å². The zero-order valence-electron chi connectivity index (χ0n) is 18.6. The largest absolute Gasteiger partial charge is 0.467 e. The van der Waals surface area contributed by atoms with Gasteiger partial charge in [-0.15, -0.1) is 0 Å². The molecular formula is C25H33NO3. The first kappa shape index (κ1) is 22.7. The third kappa shape index (κ3) is 6.18. The summed E-state index contributed by atoms with van der Waals surface area (Å²) in [7, 11) is 1.34. The normalized spacial score (nSPS) is 12.9. The zero-order chi connectivity index (χ0) is 21.8. The molecule has 0 aliphatic heterocycles. The predicted octanol–water partition coefficient (Wildman–Crippen LogP) is 4.80. The molecule has 1 amide bonds. The number of esters is 1. The van der Waals surface area contributed by atoms with E-state index in [2.05, 4.69) is 59.0 Å².